The second-order valence-electron chi connectivity index (χ2n) is 6.06. The second-order valence-corrected chi connectivity index (χ2v) is 6.06. The molecule has 1 aromatic carbocycles. The van der Waals surface area contributed by atoms with Crippen molar-refractivity contribution in [3.63, 3.8) is 0 Å². The Hall–Kier alpha value is -0.820. The number of hydrogen-bond donors (Lipinski definition) is 1. The molecule has 0 aliphatic heterocycles. The first kappa shape index (κ1) is 14.6. The minimum atomic E-state index is 0.801. The zero-order chi connectivity index (χ0) is 13.3. The number of rotatable bonds is 7. The summed E-state index contributed by atoms with van der Waals surface area (Å²) in [6.07, 6.45) is 11.0. The van der Waals surface area contributed by atoms with Crippen molar-refractivity contribution < 1.29 is 0 Å². The third-order valence-corrected chi connectivity index (χ3v) is 4.39. The lowest BCUT2D eigenvalue weighted by Gasteiger charge is -2.30. The fourth-order valence-corrected chi connectivity index (χ4v) is 3.33. The Morgan fingerprint density at radius 3 is 2.79 bits per heavy atom. The Kier molecular flexibility index (Phi) is 6.43. The summed E-state index contributed by atoms with van der Waals surface area (Å²) in [5.41, 5.74) is 1.50. The monoisotopic (exact) mass is 259 g/mol. The predicted molar refractivity (Wildman–Crippen MR) is 83.4 cm³/mol. The highest BCUT2D eigenvalue weighted by molar-refractivity contribution is 5.14. The van der Waals surface area contributed by atoms with Gasteiger partial charge in [-0.05, 0) is 50.1 Å². The third-order valence-electron chi connectivity index (χ3n) is 4.39. The Labute approximate surface area is 118 Å². The number of benzene rings is 1. The number of hydrogen-bond acceptors (Lipinski definition) is 1. The standard InChI is InChI=1S/C18H29N/c1-2-14-19-18-13-7-12-17(15-18)11-6-10-16-8-4-3-5-9-16/h3-5,8-9,17-19H,2,6-7,10-15H2,1H3. The molecule has 1 nitrogen and oxygen atoms in total. The van der Waals surface area contributed by atoms with Crippen molar-refractivity contribution in [3.05, 3.63) is 35.9 Å². The van der Waals surface area contributed by atoms with Crippen LogP contribution in [0.15, 0.2) is 30.3 Å². The van der Waals surface area contributed by atoms with E-state index in [4.69, 9.17) is 0 Å². The summed E-state index contributed by atoms with van der Waals surface area (Å²) in [4.78, 5) is 0. The summed E-state index contributed by atoms with van der Waals surface area (Å²) in [5.74, 6) is 0.965. The molecule has 1 heteroatoms. The van der Waals surface area contributed by atoms with Crippen LogP contribution in [0.1, 0.15) is 57.4 Å². The molecule has 1 aliphatic rings. The van der Waals surface area contributed by atoms with Crippen molar-refractivity contribution in [3.8, 4) is 0 Å². The smallest absolute Gasteiger partial charge is 0.00697 e. The van der Waals surface area contributed by atoms with E-state index in [0.29, 0.717) is 0 Å². The molecule has 106 valence electrons. The van der Waals surface area contributed by atoms with Crippen LogP contribution in [0, 0.1) is 5.92 Å². The van der Waals surface area contributed by atoms with Gasteiger partial charge < -0.3 is 5.32 Å². The minimum Gasteiger partial charge on any atom is -0.314 e. The quantitative estimate of drug-likeness (QED) is 0.756. The van der Waals surface area contributed by atoms with E-state index < -0.39 is 0 Å². The molecule has 19 heavy (non-hydrogen) atoms. The van der Waals surface area contributed by atoms with Crippen LogP contribution in [-0.4, -0.2) is 12.6 Å². The van der Waals surface area contributed by atoms with E-state index in [-0.39, 0.29) is 0 Å². The van der Waals surface area contributed by atoms with E-state index in [1.807, 2.05) is 0 Å². The van der Waals surface area contributed by atoms with Crippen LogP contribution in [-0.2, 0) is 6.42 Å². The maximum Gasteiger partial charge on any atom is 0.00697 e. The highest BCUT2D eigenvalue weighted by atomic mass is 14.9. The van der Waals surface area contributed by atoms with Gasteiger partial charge in [-0.15, -0.1) is 0 Å². The van der Waals surface area contributed by atoms with Crippen molar-refractivity contribution in [2.45, 2.75) is 64.3 Å². The maximum atomic E-state index is 3.71. The Bertz CT molecular complexity index is 333. The van der Waals surface area contributed by atoms with Crippen molar-refractivity contribution in [2.24, 2.45) is 5.92 Å². The first-order chi connectivity index (χ1) is 9.38. The minimum absolute atomic E-state index is 0.801. The van der Waals surface area contributed by atoms with Crippen LogP contribution in [0.2, 0.25) is 0 Å². The molecule has 0 spiro atoms. The Morgan fingerprint density at radius 2 is 2.00 bits per heavy atom. The molecule has 1 fully saturated rings. The van der Waals surface area contributed by atoms with Gasteiger partial charge in [-0.1, -0.05) is 56.5 Å². The van der Waals surface area contributed by atoms with Gasteiger partial charge in [0.15, 0.2) is 0 Å². The van der Waals surface area contributed by atoms with Crippen LogP contribution < -0.4 is 5.32 Å². The number of aryl methyl sites for hydroxylation is 1. The highest BCUT2D eigenvalue weighted by Crippen LogP contribution is 2.28. The van der Waals surface area contributed by atoms with Gasteiger partial charge in [-0.25, -0.2) is 0 Å². The van der Waals surface area contributed by atoms with Crippen molar-refractivity contribution >= 4 is 0 Å². The summed E-state index contributed by atoms with van der Waals surface area (Å²) < 4.78 is 0. The molecule has 0 saturated heterocycles. The van der Waals surface area contributed by atoms with E-state index in [1.165, 1.54) is 63.5 Å². The number of nitrogens with one attached hydrogen (secondary N) is 1. The van der Waals surface area contributed by atoms with Gasteiger partial charge in [0, 0.05) is 6.04 Å². The third kappa shape index (κ3) is 5.36. The van der Waals surface area contributed by atoms with Crippen LogP contribution in [0.4, 0.5) is 0 Å². The van der Waals surface area contributed by atoms with Crippen LogP contribution in [0.3, 0.4) is 0 Å². The average molecular weight is 259 g/mol. The van der Waals surface area contributed by atoms with Crippen molar-refractivity contribution in [1.82, 2.24) is 5.32 Å². The summed E-state index contributed by atoms with van der Waals surface area (Å²) in [6.45, 7) is 3.45. The largest absolute Gasteiger partial charge is 0.314 e. The molecule has 0 heterocycles. The van der Waals surface area contributed by atoms with Gasteiger partial charge in [0.2, 0.25) is 0 Å². The van der Waals surface area contributed by atoms with E-state index in [2.05, 4.69) is 42.6 Å². The zero-order valence-corrected chi connectivity index (χ0v) is 12.4. The lowest BCUT2D eigenvalue weighted by molar-refractivity contribution is 0.270. The average Bonchev–Trinajstić information content (AvgIpc) is 2.47. The molecule has 2 rings (SSSR count). The van der Waals surface area contributed by atoms with Gasteiger partial charge in [-0.3, -0.25) is 0 Å². The van der Waals surface area contributed by atoms with Crippen LogP contribution in [0.25, 0.3) is 0 Å². The molecule has 0 aromatic heterocycles. The fourth-order valence-electron chi connectivity index (χ4n) is 3.33. The first-order valence-electron chi connectivity index (χ1n) is 8.15. The van der Waals surface area contributed by atoms with Crippen molar-refractivity contribution in [1.29, 1.82) is 0 Å². The molecular formula is C18H29N. The fraction of sp³-hybridized carbons (Fsp3) is 0.667. The predicted octanol–water partition coefficient (Wildman–Crippen LogP) is 4.57. The first-order valence-corrected chi connectivity index (χ1v) is 8.15. The molecule has 2 unspecified atom stereocenters. The molecular weight excluding hydrogens is 230 g/mol. The van der Waals surface area contributed by atoms with Gasteiger partial charge in [-0.2, -0.15) is 0 Å². The second kappa shape index (κ2) is 8.37. The Morgan fingerprint density at radius 1 is 1.16 bits per heavy atom. The van der Waals surface area contributed by atoms with Gasteiger partial charge >= 0.3 is 0 Å². The SMILES string of the molecule is CCCNC1CCCC(CCCc2ccccc2)C1. The molecule has 1 aliphatic carbocycles. The van der Waals surface area contributed by atoms with E-state index >= 15 is 0 Å². The molecule has 1 saturated carbocycles. The summed E-state index contributed by atoms with van der Waals surface area (Å²) >= 11 is 0. The molecule has 0 amide bonds. The van der Waals surface area contributed by atoms with Crippen molar-refractivity contribution in [2.75, 3.05) is 6.54 Å². The van der Waals surface area contributed by atoms with E-state index in [0.717, 1.165) is 12.0 Å². The molecule has 0 radical (unpaired) electrons. The van der Waals surface area contributed by atoms with Crippen LogP contribution in [0.5, 0.6) is 0 Å². The van der Waals surface area contributed by atoms with E-state index in [1.54, 1.807) is 0 Å². The topological polar surface area (TPSA) is 12.0 Å². The lowest BCUT2D eigenvalue weighted by atomic mass is 9.82. The highest BCUT2D eigenvalue weighted by Gasteiger charge is 2.20. The lowest BCUT2D eigenvalue weighted by Crippen LogP contribution is -2.34. The molecule has 1 N–H and O–H groups in total. The molecule has 1 aromatic rings. The Balaban J connectivity index is 1.65. The normalized spacial score (nSPS) is 23.4. The van der Waals surface area contributed by atoms with E-state index in [9.17, 15) is 0 Å². The summed E-state index contributed by atoms with van der Waals surface area (Å²) in [5, 5.41) is 3.71. The maximum absolute atomic E-state index is 3.71. The molecule has 2 atom stereocenters. The van der Waals surface area contributed by atoms with Gasteiger partial charge in [0.05, 0.1) is 0 Å². The summed E-state index contributed by atoms with van der Waals surface area (Å²) in [7, 11) is 0. The van der Waals surface area contributed by atoms with Crippen LogP contribution >= 0.6 is 0 Å². The van der Waals surface area contributed by atoms with Gasteiger partial charge in [0.25, 0.3) is 0 Å². The van der Waals surface area contributed by atoms with Gasteiger partial charge in [0.1, 0.15) is 0 Å². The summed E-state index contributed by atoms with van der Waals surface area (Å²) in [6, 6.07) is 11.7. The molecule has 0 bridgehead atoms. The zero-order valence-electron chi connectivity index (χ0n) is 12.4.